The lowest BCUT2D eigenvalue weighted by molar-refractivity contribution is 0.198. The fraction of sp³-hybridized carbons (Fsp3) is 0.391. The van der Waals surface area contributed by atoms with Gasteiger partial charge < -0.3 is 10.8 Å². The first-order valence-corrected chi connectivity index (χ1v) is 9.21. The number of rotatable bonds is 5. The molecule has 2 atom stereocenters. The minimum absolute atomic E-state index is 0.0794. The number of aryl methyl sites for hydroxylation is 1. The van der Waals surface area contributed by atoms with Crippen LogP contribution in [0, 0.1) is 11.8 Å². The van der Waals surface area contributed by atoms with Gasteiger partial charge in [-0.2, -0.15) is 0 Å². The predicted molar refractivity (Wildman–Crippen MR) is 103 cm³/mol. The molecule has 2 aromatic carbocycles. The van der Waals surface area contributed by atoms with Crippen molar-refractivity contribution in [1.29, 1.82) is 0 Å². The maximum absolute atomic E-state index is 9.40. The zero-order valence-corrected chi connectivity index (χ0v) is 14.7. The van der Waals surface area contributed by atoms with Gasteiger partial charge in [0.25, 0.3) is 0 Å². The molecule has 1 fully saturated rings. The van der Waals surface area contributed by atoms with Gasteiger partial charge in [-0.15, -0.1) is 0 Å². The summed E-state index contributed by atoms with van der Waals surface area (Å²) in [7, 11) is 0. The summed E-state index contributed by atoms with van der Waals surface area (Å²) in [5.41, 5.74) is 9.56. The molecule has 0 heterocycles. The first-order chi connectivity index (χ1) is 12.2. The van der Waals surface area contributed by atoms with Crippen LogP contribution in [0.15, 0.2) is 54.6 Å². The van der Waals surface area contributed by atoms with Gasteiger partial charge in [0, 0.05) is 17.5 Å². The summed E-state index contributed by atoms with van der Waals surface area (Å²) in [4.78, 5) is 0. The van der Waals surface area contributed by atoms with Crippen molar-refractivity contribution in [3.63, 3.8) is 0 Å². The second-order valence-corrected chi connectivity index (χ2v) is 7.22. The minimum Gasteiger partial charge on any atom is -0.394 e. The Hall–Kier alpha value is -2.08. The van der Waals surface area contributed by atoms with Crippen LogP contribution < -0.4 is 5.73 Å². The molecule has 1 saturated carbocycles. The quantitative estimate of drug-likeness (QED) is 0.641. The summed E-state index contributed by atoms with van der Waals surface area (Å²) in [6.07, 6.45) is 5.93. The molecule has 1 aliphatic rings. The highest BCUT2D eigenvalue weighted by Gasteiger charge is 2.35. The van der Waals surface area contributed by atoms with Gasteiger partial charge in [-0.3, -0.25) is 0 Å². The Morgan fingerprint density at radius 2 is 1.84 bits per heavy atom. The zero-order chi connectivity index (χ0) is 17.5. The molecule has 2 nitrogen and oxygen atoms in total. The molecule has 0 saturated heterocycles. The van der Waals surface area contributed by atoms with Crippen LogP contribution in [0.25, 0.3) is 0 Å². The number of aliphatic hydroxyl groups excluding tert-OH is 1. The first kappa shape index (κ1) is 17.7. The third-order valence-corrected chi connectivity index (χ3v) is 5.18. The molecule has 2 heteroatoms. The second-order valence-electron chi connectivity index (χ2n) is 7.22. The standard InChI is InChI=1S/C23H27NO/c24-23(18-25)16-15-22(17-23)21-13-11-20(12-14-21)10-6-2-5-9-19-7-3-1-4-8-19/h1,3-4,7-8,11-14,22,25H,2,5,9,15-18,24H2/t22-,23+/m1/s1. The van der Waals surface area contributed by atoms with E-state index < -0.39 is 0 Å². The van der Waals surface area contributed by atoms with Gasteiger partial charge in [-0.25, -0.2) is 0 Å². The predicted octanol–water partition coefficient (Wildman–Crippen LogP) is 4.02. The van der Waals surface area contributed by atoms with Crippen molar-refractivity contribution in [2.45, 2.75) is 50.0 Å². The monoisotopic (exact) mass is 333 g/mol. The van der Waals surface area contributed by atoms with E-state index in [9.17, 15) is 5.11 Å². The molecule has 0 aliphatic heterocycles. The Bertz CT molecular complexity index is 726. The van der Waals surface area contributed by atoms with Gasteiger partial charge in [0.05, 0.1) is 6.61 Å². The lowest BCUT2D eigenvalue weighted by atomic mass is 9.93. The molecule has 0 unspecified atom stereocenters. The smallest absolute Gasteiger partial charge is 0.0611 e. The highest BCUT2D eigenvalue weighted by Crippen LogP contribution is 2.39. The first-order valence-electron chi connectivity index (χ1n) is 9.21. The molecule has 1 aliphatic carbocycles. The van der Waals surface area contributed by atoms with Crippen molar-refractivity contribution in [3.05, 3.63) is 71.3 Å². The fourth-order valence-corrected chi connectivity index (χ4v) is 3.61. The van der Waals surface area contributed by atoms with Crippen LogP contribution in [-0.2, 0) is 6.42 Å². The summed E-state index contributed by atoms with van der Waals surface area (Å²) in [6.45, 7) is 0.0794. The van der Waals surface area contributed by atoms with Crippen molar-refractivity contribution in [2.24, 2.45) is 5.73 Å². The normalized spacial score (nSPS) is 22.4. The molecule has 0 bridgehead atoms. The number of aliphatic hydroxyl groups is 1. The van der Waals surface area contributed by atoms with E-state index in [0.29, 0.717) is 5.92 Å². The molecule has 3 N–H and O–H groups in total. The topological polar surface area (TPSA) is 46.2 Å². The molecule has 0 aromatic heterocycles. The van der Waals surface area contributed by atoms with Crippen molar-refractivity contribution >= 4 is 0 Å². The highest BCUT2D eigenvalue weighted by atomic mass is 16.3. The molecule has 0 radical (unpaired) electrons. The van der Waals surface area contributed by atoms with E-state index in [4.69, 9.17) is 5.73 Å². The van der Waals surface area contributed by atoms with Gasteiger partial charge >= 0.3 is 0 Å². The van der Waals surface area contributed by atoms with E-state index in [2.05, 4.69) is 66.4 Å². The van der Waals surface area contributed by atoms with Gasteiger partial charge in [-0.1, -0.05) is 54.3 Å². The Morgan fingerprint density at radius 1 is 1.08 bits per heavy atom. The summed E-state index contributed by atoms with van der Waals surface area (Å²) in [6, 6.07) is 19.1. The maximum Gasteiger partial charge on any atom is 0.0611 e. The van der Waals surface area contributed by atoms with Crippen molar-refractivity contribution in [3.8, 4) is 11.8 Å². The average molecular weight is 333 g/mol. The number of unbranched alkanes of at least 4 members (excludes halogenated alkanes) is 1. The van der Waals surface area contributed by atoms with Gasteiger partial charge in [0.15, 0.2) is 0 Å². The molecule has 130 valence electrons. The Morgan fingerprint density at radius 3 is 2.52 bits per heavy atom. The van der Waals surface area contributed by atoms with Gasteiger partial charge in [-0.05, 0) is 61.3 Å². The van der Waals surface area contributed by atoms with E-state index in [1.54, 1.807) is 0 Å². The van der Waals surface area contributed by atoms with Crippen LogP contribution in [0.1, 0.15) is 54.7 Å². The number of nitrogens with two attached hydrogens (primary N) is 1. The van der Waals surface area contributed by atoms with Crippen molar-refractivity contribution in [2.75, 3.05) is 6.61 Å². The average Bonchev–Trinajstić information content (AvgIpc) is 3.06. The summed E-state index contributed by atoms with van der Waals surface area (Å²) in [5, 5.41) is 9.40. The van der Waals surface area contributed by atoms with Gasteiger partial charge in [0.1, 0.15) is 0 Å². The van der Waals surface area contributed by atoms with Crippen LogP contribution >= 0.6 is 0 Å². The SMILES string of the molecule is N[C@@]1(CO)CC[C@@H](c2ccc(C#CCCCc3ccccc3)cc2)C1. The van der Waals surface area contributed by atoms with Crippen LogP contribution in [0.3, 0.4) is 0 Å². The maximum atomic E-state index is 9.40. The Labute approximate surface area is 151 Å². The van der Waals surface area contributed by atoms with E-state index in [1.165, 1.54) is 11.1 Å². The number of hydrogen-bond acceptors (Lipinski definition) is 2. The highest BCUT2D eigenvalue weighted by molar-refractivity contribution is 5.37. The van der Waals surface area contributed by atoms with E-state index >= 15 is 0 Å². The molecule has 2 aromatic rings. The molecular weight excluding hydrogens is 306 g/mol. The molecule has 0 amide bonds. The summed E-state index contributed by atoms with van der Waals surface area (Å²) < 4.78 is 0. The van der Waals surface area contributed by atoms with Gasteiger partial charge in [0.2, 0.25) is 0 Å². The zero-order valence-electron chi connectivity index (χ0n) is 14.7. The third-order valence-electron chi connectivity index (χ3n) is 5.18. The Balaban J connectivity index is 1.48. The molecule has 3 rings (SSSR count). The number of hydrogen-bond donors (Lipinski definition) is 2. The molecule has 25 heavy (non-hydrogen) atoms. The van der Waals surface area contributed by atoms with Crippen molar-refractivity contribution in [1.82, 2.24) is 0 Å². The molecular formula is C23H27NO. The fourth-order valence-electron chi connectivity index (χ4n) is 3.61. The van der Waals surface area contributed by atoms with Crippen molar-refractivity contribution < 1.29 is 5.11 Å². The lowest BCUT2D eigenvalue weighted by Crippen LogP contribution is -2.40. The largest absolute Gasteiger partial charge is 0.394 e. The molecule has 0 spiro atoms. The van der Waals surface area contributed by atoms with Crippen LogP contribution in [0.4, 0.5) is 0 Å². The Kier molecular flexibility index (Phi) is 5.91. The summed E-state index contributed by atoms with van der Waals surface area (Å²) >= 11 is 0. The minimum atomic E-state index is -0.387. The van der Waals surface area contributed by atoms with Crippen LogP contribution in [-0.4, -0.2) is 17.3 Å². The lowest BCUT2D eigenvalue weighted by Gasteiger charge is -2.20. The van der Waals surface area contributed by atoms with E-state index in [-0.39, 0.29) is 12.1 Å². The van der Waals surface area contributed by atoms with E-state index in [0.717, 1.165) is 44.1 Å². The third kappa shape index (κ3) is 4.95. The van der Waals surface area contributed by atoms with Crippen LogP contribution in [0.2, 0.25) is 0 Å². The second kappa shape index (κ2) is 8.34. The van der Waals surface area contributed by atoms with E-state index in [1.807, 2.05) is 0 Å². The van der Waals surface area contributed by atoms with Crippen LogP contribution in [0.5, 0.6) is 0 Å². The number of benzene rings is 2. The summed E-state index contributed by atoms with van der Waals surface area (Å²) in [5.74, 6) is 7.00.